The molecule has 0 spiro atoms. The molecule has 7 heteroatoms. The summed E-state index contributed by atoms with van der Waals surface area (Å²) in [7, 11) is 0. The minimum Gasteiger partial charge on any atom is -0.395 e. The van der Waals surface area contributed by atoms with Gasteiger partial charge in [-0.05, 0) is 20.3 Å². The number of amides is 2. The highest BCUT2D eigenvalue weighted by Crippen LogP contribution is 2.15. The second-order valence-corrected chi connectivity index (χ2v) is 4.26. The lowest BCUT2D eigenvalue weighted by Gasteiger charge is -2.21. The van der Waals surface area contributed by atoms with E-state index in [0.29, 0.717) is 17.8 Å². The van der Waals surface area contributed by atoms with Crippen LogP contribution in [0.2, 0.25) is 0 Å². The molecule has 2 amide bonds. The maximum atomic E-state index is 11.8. The number of carbonyl (C=O) groups is 2. The quantitative estimate of drug-likeness (QED) is 0.567. The van der Waals surface area contributed by atoms with Gasteiger partial charge >= 0.3 is 0 Å². The van der Waals surface area contributed by atoms with Gasteiger partial charge in [0, 0.05) is 0 Å². The lowest BCUT2D eigenvalue weighted by Crippen LogP contribution is -2.53. The summed E-state index contributed by atoms with van der Waals surface area (Å²) in [6.07, 6.45) is 0.644. The highest BCUT2D eigenvalue weighted by atomic mass is 16.2. The standard InChI is InChI=1S/C10H17N5O2/c1-4-5-6(11)7(15-14-5)8(16)13-10(2,3)9(12)17/h4,11H2,1-3H3,(H2,12,17)(H,13,16)(H,14,15). The number of H-pyrrole nitrogens is 1. The molecule has 0 aliphatic carbocycles. The van der Waals surface area contributed by atoms with Crippen molar-refractivity contribution in [3.63, 3.8) is 0 Å². The number of hydrogen-bond donors (Lipinski definition) is 4. The number of nitrogens with one attached hydrogen (secondary N) is 2. The molecule has 1 heterocycles. The summed E-state index contributed by atoms with van der Waals surface area (Å²) < 4.78 is 0. The Balaban J connectivity index is 2.91. The number of nitrogens with two attached hydrogens (primary N) is 2. The van der Waals surface area contributed by atoms with Crippen LogP contribution in [0.25, 0.3) is 0 Å². The summed E-state index contributed by atoms with van der Waals surface area (Å²) in [5, 5.41) is 8.96. The SMILES string of the molecule is CCc1[nH]nc(C(=O)NC(C)(C)C(N)=O)c1N. The van der Waals surface area contributed by atoms with Gasteiger partial charge in [0.05, 0.1) is 11.4 Å². The fourth-order valence-corrected chi connectivity index (χ4v) is 1.23. The van der Waals surface area contributed by atoms with E-state index >= 15 is 0 Å². The molecular weight excluding hydrogens is 222 g/mol. The number of primary amides is 1. The number of nitrogen functional groups attached to an aromatic ring is 1. The minimum absolute atomic E-state index is 0.0798. The molecule has 0 atom stereocenters. The Morgan fingerprint density at radius 2 is 2.06 bits per heavy atom. The summed E-state index contributed by atoms with van der Waals surface area (Å²) in [6.45, 7) is 4.91. The molecule has 0 aliphatic rings. The predicted octanol–water partition coefficient (Wildman–Crippen LogP) is -0.452. The molecule has 0 fully saturated rings. The third kappa shape index (κ3) is 2.55. The van der Waals surface area contributed by atoms with E-state index in [0.717, 1.165) is 0 Å². The van der Waals surface area contributed by atoms with E-state index in [-0.39, 0.29) is 5.69 Å². The van der Waals surface area contributed by atoms with E-state index in [1.54, 1.807) is 0 Å². The zero-order chi connectivity index (χ0) is 13.2. The Bertz CT molecular complexity index is 450. The molecule has 0 aliphatic heterocycles. The van der Waals surface area contributed by atoms with Crippen LogP contribution in [0, 0.1) is 0 Å². The average molecular weight is 239 g/mol. The molecule has 6 N–H and O–H groups in total. The van der Waals surface area contributed by atoms with Gasteiger partial charge in [-0.25, -0.2) is 0 Å². The third-order valence-electron chi connectivity index (χ3n) is 2.49. The van der Waals surface area contributed by atoms with Crippen molar-refractivity contribution in [3.05, 3.63) is 11.4 Å². The first kappa shape index (κ1) is 13.0. The van der Waals surface area contributed by atoms with Crippen molar-refractivity contribution in [2.45, 2.75) is 32.7 Å². The van der Waals surface area contributed by atoms with Crippen LogP contribution in [0.3, 0.4) is 0 Å². The van der Waals surface area contributed by atoms with Gasteiger partial charge < -0.3 is 16.8 Å². The van der Waals surface area contributed by atoms with Crippen molar-refractivity contribution in [1.29, 1.82) is 0 Å². The first-order chi connectivity index (χ1) is 7.79. The van der Waals surface area contributed by atoms with E-state index < -0.39 is 17.4 Å². The number of carbonyl (C=O) groups excluding carboxylic acids is 2. The Kier molecular flexibility index (Phi) is 3.40. The molecule has 94 valence electrons. The number of aryl methyl sites for hydroxylation is 1. The molecule has 7 nitrogen and oxygen atoms in total. The molecular formula is C10H17N5O2. The van der Waals surface area contributed by atoms with Crippen molar-refractivity contribution < 1.29 is 9.59 Å². The molecule has 1 rings (SSSR count). The predicted molar refractivity (Wildman–Crippen MR) is 63.1 cm³/mol. The van der Waals surface area contributed by atoms with Crippen molar-refractivity contribution in [1.82, 2.24) is 15.5 Å². The normalized spacial score (nSPS) is 11.2. The Hall–Kier alpha value is -2.05. The van der Waals surface area contributed by atoms with Gasteiger partial charge in [0.15, 0.2) is 5.69 Å². The maximum absolute atomic E-state index is 11.8. The Morgan fingerprint density at radius 1 is 1.47 bits per heavy atom. The smallest absolute Gasteiger partial charge is 0.274 e. The second-order valence-electron chi connectivity index (χ2n) is 4.26. The van der Waals surface area contributed by atoms with Crippen molar-refractivity contribution in [3.8, 4) is 0 Å². The number of nitrogens with zero attached hydrogens (tertiary/aromatic N) is 1. The van der Waals surface area contributed by atoms with Crippen LogP contribution in [0.5, 0.6) is 0 Å². The lowest BCUT2D eigenvalue weighted by molar-refractivity contribution is -0.122. The van der Waals surface area contributed by atoms with Crippen LogP contribution in [0.15, 0.2) is 0 Å². The van der Waals surface area contributed by atoms with Crippen LogP contribution in [0.1, 0.15) is 37.0 Å². The van der Waals surface area contributed by atoms with E-state index in [1.807, 2.05) is 6.92 Å². The fourth-order valence-electron chi connectivity index (χ4n) is 1.23. The van der Waals surface area contributed by atoms with Gasteiger partial charge in [0.25, 0.3) is 5.91 Å². The van der Waals surface area contributed by atoms with E-state index in [4.69, 9.17) is 11.5 Å². The summed E-state index contributed by atoms with van der Waals surface area (Å²) >= 11 is 0. The molecule has 1 aromatic rings. The molecule has 0 unspecified atom stereocenters. The number of anilines is 1. The molecule has 0 radical (unpaired) electrons. The second kappa shape index (κ2) is 4.44. The molecule has 1 aromatic heterocycles. The minimum atomic E-state index is -1.14. The monoisotopic (exact) mass is 239 g/mol. The van der Waals surface area contributed by atoms with Gasteiger partial charge in [-0.15, -0.1) is 0 Å². The maximum Gasteiger partial charge on any atom is 0.274 e. The number of aromatic nitrogens is 2. The molecule has 0 aromatic carbocycles. The topological polar surface area (TPSA) is 127 Å². The zero-order valence-corrected chi connectivity index (χ0v) is 10.1. The number of hydrogen-bond acceptors (Lipinski definition) is 4. The Morgan fingerprint density at radius 3 is 2.47 bits per heavy atom. The first-order valence-corrected chi connectivity index (χ1v) is 5.24. The van der Waals surface area contributed by atoms with E-state index in [2.05, 4.69) is 15.5 Å². The number of aromatic amines is 1. The number of rotatable bonds is 4. The van der Waals surface area contributed by atoms with Gasteiger partial charge in [-0.2, -0.15) is 5.10 Å². The zero-order valence-electron chi connectivity index (χ0n) is 10.1. The average Bonchev–Trinajstić information content (AvgIpc) is 2.58. The van der Waals surface area contributed by atoms with Gasteiger partial charge in [-0.3, -0.25) is 14.7 Å². The van der Waals surface area contributed by atoms with Gasteiger partial charge in [-0.1, -0.05) is 6.92 Å². The van der Waals surface area contributed by atoms with Crippen molar-refractivity contribution in [2.75, 3.05) is 5.73 Å². The van der Waals surface area contributed by atoms with E-state index in [1.165, 1.54) is 13.8 Å². The summed E-state index contributed by atoms with van der Waals surface area (Å²) in [6, 6.07) is 0. The lowest BCUT2D eigenvalue weighted by atomic mass is 10.0. The summed E-state index contributed by atoms with van der Waals surface area (Å²) in [5.74, 6) is -1.15. The fraction of sp³-hybridized carbons (Fsp3) is 0.500. The highest BCUT2D eigenvalue weighted by Gasteiger charge is 2.29. The Labute approximate surface area is 98.9 Å². The summed E-state index contributed by atoms with van der Waals surface area (Å²) in [5.41, 5.74) is 10.8. The summed E-state index contributed by atoms with van der Waals surface area (Å²) in [4.78, 5) is 22.9. The van der Waals surface area contributed by atoms with Crippen LogP contribution in [-0.4, -0.2) is 27.6 Å². The molecule has 0 bridgehead atoms. The largest absolute Gasteiger partial charge is 0.395 e. The highest BCUT2D eigenvalue weighted by molar-refractivity contribution is 6.00. The third-order valence-corrected chi connectivity index (χ3v) is 2.49. The van der Waals surface area contributed by atoms with Crippen LogP contribution in [0.4, 0.5) is 5.69 Å². The van der Waals surface area contributed by atoms with Gasteiger partial charge in [0.1, 0.15) is 5.54 Å². The molecule has 17 heavy (non-hydrogen) atoms. The van der Waals surface area contributed by atoms with Crippen molar-refractivity contribution >= 4 is 17.5 Å². The van der Waals surface area contributed by atoms with Crippen molar-refractivity contribution in [2.24, 2.45) is 5.73 Å². The van der Waals surface area contributed by atoms with Crippen LogP contribution in [-0.2, 0) is 11.2 Å². The molecule has 0 saturated carbocycles. The van der Waals surface area contributed by atoms with Gasteiger partial charge in [0.2, 0.25) is 5.91 Å². The van der Waals surface area contributed by atoms with Crippen LogP contribution < -0.4 is 16.8 Å². The van der Waals surface area contributed by atoms with Crippen LogP contribution >= 0.6 is 0 Å². The molecule has 0 saturated heterocycles. The van der Waals surface area contributed by atoms with E-state index in [9.17, 15) is 9.59 Å². The first-order valence-electron chi connectivity index (χ1n) is 5.24.